The maximum absolute atomic E-state index is 5.56. The highest BCUT2D eigenvalue weighted by atomic mass is 16.5. The number of hydrogen-bond acceptors (Lipinski definition) is 6. The summed E-state index contributed by atoms with van der Waals surface area (Å²) in [7, 11) is 0. The summed E-state index contributed by atoms with van der Waals surface area (Å²) < 4.78 is 10.8. The van der Waals surface area contributed by atoms with Crippen molar-refractivity contribution in [3.05, 3.63) is 47.2 Å². The molecule has 0 amide bonds. The minimum Gasteiger partial charge on any atom is -0.365 e. The average Bonchev–Trinajstić information content (AvgIpc) is 3.22. The van der Waals surface area contributed by atoms with Gasteiger partial charge in [0.15, 0.2) is 0 Å². The Morgan fingerprint density at radius 3 is 3.04 bits per heavy atom. The Bertz CT molecular complexity index is 781. The summed E-state index contributed by atoms with van der Waals surface area (Å²) in [5, 5.41) is 11.5. The Hall–Kier alpha value is -2.54. The first kappa shape index (κ1) is 14.1. The first-order valence-electron chi connectivity index (χ1n) is 7.77. The first-order chi connectivity index (χ1) is 11.4. The van der Waals surface area contributed by atoms with Crippen LogP contribution in [0.5, 0.6) is 0 Å². The zero-order valence-corrected chi connectivity index (χ0v) is 12.7. The molecule has 4 rings (SSSR count). The van der Waals surface area contributed by atoms with E-state index < -0.39 is 0 Å². The third-order valence-electron chi connectivity index (χ3n) is 3.94. The lowest BCUT2D eigenvalue weighted by Crippen LogP contribution is -2.01. The van der Waals surface area contributed by atoms with Gasteiger partial charge >= 0.3 is 0 Å². The molecule has 118 valence electrons. The first-order valence-corrected chi connectivity index (χ1v) is 7.77. The molecule has 1 aliphatic carbocycles. The summed E-state index contributed by atoms with van der Waals surface area (Å²) in [5.74, 6) is 0.976. The number of nitrogens with one attached hydrogen (secondary N) is 1. The maximum Gasteiger partial charge on any atom is 0.253 e. The Morgan fingerprint density at radius 1 is 1.17 bits per heavy atom. The molecule has 1 N–H and O–H groups in total. The number of H-pyrrole nitrogens is 1. The summed E-state index contributed by atoms with van der Waals surface area (Å²) in [4.78, 5) is 8.58. The molecular formula is C16H17N5O2. The molecule has 0 unspecified atom stereocenters. The van der Waals surface area contributed by atoms with Crippen molar-refractivity contribution in [1.29, 1.82) is 0 Å². The van der Waals surface area contributed by atoms with Crippen molar-refractivity contribution in [2.75, 3.05) is 0 Å². The lowest BCUT2D eigenvalue weighted by atomic mass is 9.96. The van der Waals surface area contributed by atoms with Gasteiger partial charge in [0.25, 0.3) is 5.89 Å². The molecule has 0 saturated carbocycles. The number of hydrogen-bond donors (Lipinski definition) is 1. The van der Waals surface area contributed by atoms with Gasteiger partial charge in [-0.1, -0.05) is 11.2 Å². The topological polar surface area (TPSA) is 89.7 Å². The van der Waals surface area contributed by atoms with Crippen LogP contribution >= 0.6 is 0 Å². The number of aromatic amines is 1. The Labute approximate surface area is 133 Å². The van der Waals surface area contributed by atoms with Gasteiger partial charge in [-0.25, -0.2) is 0 Å². The summed E-state index contributed by atoms with van der Waals surface area (Å²) in [5.41, 5.74) is 4.09. The van der Waals surface area contributed by atoms with Crippen molar-refractivity contribution in [1.82, 2.24) is 25.3 Å². The van der Waals surface area contributed by atoms with E-state index in [1.807, 2.05) is 18.2 Å². The van der Waals surface area contributed by atoms with E-state index in [1.54, 1.807) is 6.20 Å². The van der Waals surface area contributed by atoms with E-state index in [-0.39, 0.29) is 6.61 Å². The van der Waals surface area contributed by atoms with Gasteiger partial charge in [0.05, 0.1) is 12.3 Å². The van der Waals surface area contributed by atoms with E-state index in [2.05, 4.69) is 25.3 Å². The van der Waals surface area contributed by atoms with E-state index in [4.69, 9.17) is 9.26 Å². The van der Waals surface area contributed by atoms with Crippen LogP contribution < -0.4 is 0 Å². The number of nitrogens with zero attached hydrogens (tertiary/aromatic N) is 4. The van der Waals surface area contributed by atoms with Gasteiger partial charge in [-0.15, -0.1) is 0 Å². The average molecular weight is 311 g/mol. The summed E-state index contributed by atoms with van der Waals surface area (Å²) in [6.07, 6.45) is 6.18. The molecule has 7 nitrogen and oxygen atoms in total. The van der Waals surface area contributed by atoms with Crippen LogP contribution in [0.3, 0.4) is 0 Å². The van der Waals surface area contributed by atoms with Gasteiger partial charge in [0.2, 0.25) is 5.82 Å². The second-order valence-electron chi connectivity index (χ2n) is 5.56. The number of aryl methyl sites for hydroxylation is 1. The number of aromatic nitrogens is 5. The van der Waals surface area contributed by atoms with E-state index in [0.29, 0.717) is 18.3 Å². The number of fused-ring (bicyclic) bond motifs is 1. The van der Waals surface area contributed by atoms with Gasteiger partial charge in [-0.05, 0) is 37.8 Å². The minimum atomic E-state index is 0.260. The quantitative estimate of drug-likeness (QED) is 0.778. The smallest absolute Gasteiger partial charge is 0.253 e. The number of ether oxygens (including phenoxy) is 1. The van der Waals surface area contributed by atoms with Crippen LogP contribution in [-0.4, -0.2) is 25.3 Å². The lowest BCUT2D eigenvalue weighted by Gasteiger charge is -2.09. The van der Waals surface area contributed by atoms with Gasteiger partial charge < -0.3 is 9.26 Å². The van der Waals surface area contributed by atoms with Crippen LogP contribution in [0.15, 0.2) is 28.9 Å². The molecule has 0 fully saturated rings. The van der Waals surface area contributed by atoms with Gasteiger partial charge in [0.1, 0.15) is 12.3 Å². The molecule has 0 radical (unpaired) electrons. The molecule has 0 aliphatic heterocycles. The van der Waals surface area contributed by atoms with Crippen molar-refractivity contribution in [2.45, 2.75) is 38.9 Å². The normalized spacial score (nSPS) is 13.9. The Morgan fingerprint density at radius 2 is 2.13 bits per heavy atom. The lowest BCUT2D eigenvalue weighted by molar-refractivity contribution is 0.0829. The predicted molar refractivity (Wildman–Crippen MR) is 81.3 cm³/mol. The van der Waals surface area contributed by atoms with Crippen LogP contribution in [0.4, 0.5) is 0 Å². The molecule has 3 aromatic heterocycles. The molecule has 0 spiro atoms. The van der Waals surface area contributed by atoms with Crippen molar-refractivity contribution < 1.29 is 9.26 Å². The van der Waals surface area contributed by atoms with E-state index >= 15 is 0 Å². The summed E-state index contributed by atoms with van der Waals surface area (Å²) in [6.45, 7) is 0.673. The molecule has 0 aromatic carbocycles. The summed E-state index contributed by atoms with van der Waals surface area (Å²) in [6, 6.07) is 5.71. The van der Waals surface area contributed by atoms with Crippen LogP contribution in [0.1, 0.15) is 35.7 Å². The predicted octanol–water partition coefficient (Wildman–Crippen LogP) is 2.45. The maximum atomic E-state index is 5.56. The van der Waals surface area contributed by atoms with Crippen molar-refractivity contribution >= 4 is 0 Å². The largest absolute Gasteiger partial charge is 0.365 e. The van der Waals surface area contributed by atoms with Gasteiger partial charge in [0, 0.05) is 17.5 Å². The Balaban J connectivity index is 1.42. The van der Waals surface area contributed by atoms with E-state index in [9.17, 15) is 0 Å². The van der Waals surface area contributed by atoms with E-state index in [1.165, 1.54) is 24.1 Å². The van der Waals surface area contributed by atoms with Crippen molar-refractivity contribution in [3.63, 3.8) is 0 Å². The highest BCUT2D eigenvalue weighted by Gasteiger charge is 2.21. The Kier molecular flexibility index (Phi) is 3.85. The third-order valence-corrected chi connectivity index (χ3v) is 3.94. The highest BCUT2D eigenvalue weighted by molar-refractivity contribution is 5.56. The van der Waals surface area contributed by atoms with Crippen LogP contribution in [0.25, 0.3) is 11.5 Å². The fourth-order valence-electron chi connectivity index (χ4n) is 2.80. The molecule has 0 saturated heterocycles. The van der Waals surface area contributed by atoms with Crippen LogP contribution in [0.2, 0.25) is 0 Å². The van der Waals surface area contributed by atoms with Gasteiger partial charge in [-0.3, -0.25) is 10.1 Å². The second-order valence-corrected chi connectivity index (χ2v) is 5.56. The molecule has 0 atom stereocenters. The van der Waals surface area contributed by atoms with Crippen molar-refractivity contribution in [2.24, 2.45) is 0 Å². The molecule has 3 aromatic rings. The molecule has 3 heterocycles. The fourth-order valence-corrected chi connectivity index (χ4v) is 2.80. The third kappa shape index (κ3) is 3.00. The molecule has 1 aliphatic rings. The zero-order valence-electron chi connectivity index (χ0n) is 12.7. The number of rotatable bonds is 5. The highest BCUT2D eigenvalue weighted by Crippen LogP contribution is 2.27. The standard InChI is InChI=1S/C16H17N5O2/c1-2-7-13-12(6-1)15(20-19-13)16-18-14(23-21-16)10-22-9-11-5-3-4-8-17-11/h3-5,8H,1-2,6-7,9-10H2,(H,19,20). The SMILES string of the molecule is c1ccc(COCc2nc(-c3n[nH]c4c3CCCC4)no2)nc1. The van der Waals surface area contributed by atoms with E-state index in [0.717, 1.165) is 24.2 Å². The second kappa shape index (κ2) is 6.29. The van der Waals surface area contributed by atoms with Crippen LogP contribution in [0, 0.1) is 0 Å². The van der Waals surface area contributed by atoms with Gasteiger partial charge in [-0.2, -0.15) is 10.1 Å². The molecule has 0 bridgehead atoms. The zero-order chi connectivity index (χ0) is 15.5. The minimum absolute atomic E-state index is 0.260. The van der Waals surface area contributed by atoms with Crippen molar-refractivity contribution in [3.8, 4) is 11.5 Å². The monoisotopic (exact) mass is 311 g/mol. The van der Waals surface area contributed by atoms with Crippen LogP contribution in [-0.2, 0) is 30.8 Å². The molecule has 23 heavy (non-hydrogen) atoms. The number of pyridine rings is 1. The molecular weight excluding hydrogens is 294 g/mol. The fraction of sp³-hybridized carbons (Fsp3) is 0.375. The summed E-state index contributed by atoms with van der Waals surface area (Å²) >= 11 is 0. The molecule has 7 heteroatoms.